The van der Waals surface area contributed by atoms with Gasteiger partial charge in [-0.15, -0.1) is 0 Å². The molecule has 0 saturated carbocycles. The summed E-state index contributed by atoms with van der Waals surface area (Å²) < 4.78 is 11.4. The molecule has 22 heavy (non-hydrogen) atoms. The zero-order chi connectivity index (χ0) is 14.9. The van der Waals surface area contributed by atoms with Crippen LogP contribution in [0.1, 0.15) is 0 Å². The molecule has 1 aliphatic rings. The van der Waals surface area contributed by atoms with Crippen molar-refractivity contribution < 1.29 is 9.47 Å². The first kappa shape index (κ1) is 12.8. The molecule has 0 atom stereocenters. The van der Waals surface area contributed by atoms with Crippen molar-refractivity contribution >= 4 is 17.1 Å². The molecule has 4 rings (SSSR count). The molecule has 0 saturated heterocycles. The van der Waals surface area contributed by atoms with Crippen LogP contribution in [0.25, 0.3) is 0 Å². The van der Waals surface area contributed by atoms with E-state index >= 15 is 0 Å². The number of methoxy groups -OCH3 is 1. The molecule has 0 aromatic heterocycles. The van der Waals surface area contributed by atoms with Crippen molar-refractivity contribution in [3.63, 3.8) is 0 Å². The maximum absolute atomic E-state index is 6.05. The molecule has 0 unspecified atom stereocenters. The van der Waals surface area contributed by atoms with Gasteiger partial charge in [-0.2, -0.15) is 0 Å². The van der Waals surface area contributed by atoms with Crippen molar-refractivity contribution in [2.75, 3.05) is 12.0 Å². The fourth-order valence-corrected chi connectivity index (χ4v) is 2.72. The van der Waals surface area contributed by atoms with Gasteiger partial charge in [-0.05, 0) is 36.4 Å². The molecule has 3 aromatic rings. The van der Waals surface area contributed by atoms with E-state index in [0.29, 0.717) is 0 Å². The summed E-state index contributed by atoms with van der Waals surface area (Å²) in [6.07, 6.45) is 0. The second kappa shape index (κ2) is 5.11. The monoisotopic (exact) mass is 289 g/mol. The van der Waals surface area contributed by atoms with E-state index in [1.165, 1.54) is 0 Å². The molecule has 0 fully saturated rings. The molecule has 3 heteroatoms. The molecule has 0 bridgehead atoms. The molecule has 0 radical (unpaired) electrons. The first-order valence-corrected chi connectivity index (χ1v) is 7.17. The number of fused-ring (bicyclic) bond motifs is 2. The van der Waals surface area contributed by atoms with E-state index in [2.05, 4.69) is 23.1 Å². The van der Waals surface area contributed by atoms with E-state index in [1.54, 1.807) is 7.11 Å². The van der Waals surface area contributed by atoms with Gasteiger partial charge < -0.3 is 14.4 Å². The highest BCUT2D eigenvalue weighted by Gasteiger charge is 2.25. The third kappa shape index (κ3) is 1.99. The van der Waals surface area contributed by atoms with Gasteiger partial charge in [-0.25, -0.2) is 0 Å². The summed E-state index contributed by atoms with van der Waals surface area (Å²) in [5.74, 6) is 2.42. The normalized spacial score (nSPS) is 12.1. The van der Waals surface area contributed by atoms with Crippen LogP contribution in [0.5, 0.6) is 17.2 Å². The van der Waals surface area contributed by atoms with Gasteiger partial charge >= 0.3 is 0 Å². The van der Waals surface area contributed by atoms with Crippen LogP contribution in [0.3, 0.4) is 0 Å². The average molecular weight is 289 g/mol. The molecule has 108 valence electrons. The molecule has 0 spiro atoms. The van der Waals surface area contributed by atoms with Crippen molar-refractivity contribution in [1.29, 1.82) is 0 Å². The molecule has 1 heterocycles. The lowest BCUT2D eigenvalue weighted by atomic mass is 10.1. The fourth-order valence-electron chi connectivity index (χ4n) is 2.72. The second-order valence-electron chi connectivity index (χ2n) is 5.07. The van der Waals surface area contributed by atoms with Gasteiger partial charge in [0, 0.05) is 11.8 Å². The minimum absolute atomic E-state index is 0.783. The van der Waals surface area contributed by atoms with E-state index in [0.717, 1.165) is 34.3 Å². The van der Waals surface area contributed by atoms with Crippen molar-refractivity contribution in [3.8, 4) is 17.2 Å². The fraction of sp³-hybridized carbons (Fsp3) is 0.0526. The number of hydrogen-bond donors (Lipinski definition) is 0. The van der Waals surface area contributed by atoms with E-state index in [9.17, 15) is 0 Å². The highest BCUT2D eigenvalue weighted by molar-refractivity contribution is 5.86. The van der Waals surface area contributed by atoms with Crippen LogP contribution >= 0.6 is 0 Å². The van der Waals surface area contributed by atoms with Crippen LogP contribution in [0.15, 0.2) is 72.8 Å². The Kier molecular flexibility index (Phi) is 2.97. The summed E-state index contributed by atoms with van der Waals surface area (Å²) in [6, 6.07) is 24.2. The number of para-hydroxylation sites is 3. The molecule has 0 amide bonds. The quantitative estimate of drug-likeness (QED) is 0.501. The van der Waals surface area contributed by atoms with E-state index in [4.69, 9.17) is 9.47 Å². The van der Waals surface area contributed by atoms with Crippen molar-refractivity contribution in [2.24, 2.45) is 0 Å². The predicted molar refractivity (Wildman–Crippen MR) is 87.8 cm³/mol. The van der Waals surface area contributed by atoms with Gasteiger partial charge in [0.2, 0.25) is 0 Å². The van der Waals surface area contributed by atoms with E-state index in [-0.39, 0.29) is 0 Å². The number of anilines is 3. The molecule has 1 aliphatic heterocycles. The summed E-state index contributed by atoms with van der Waals surface area (Å²) in [7, 11) is 1.66. The van der Waals surface area contributed by atoms with Crippen molar-refractivity contribution in [3.05, 3.63) is 72.8 Å². The molecular formula is C19H15NO2. The van der Waals surface area contributed by atoms with Crippen LogP contribution in [-0.4, -0.2) is 7.11 Å². The average Bonchev–Trinajstić information content (AvgIpc) is 2.59. The third-order valence-electron chi connectivity index (χ3n) is 3.75. The third-order valence-corrected chi connectivity index (χ3v) is 3.75. The lowest BCUT2D eigenvalue weighted by Crippen LogP contribution is -2.15. The van der Waals surface area contributed by atoms with Gasteiger partial charge in [-0.3, -0.25) is 0 Å². The van der Waals surface area contributed by atoms with Gasteiger partial charge in [-0.1, -0.05) is 30.3 Å². The molecule has 3 nitrogen and oxygen atoms in total. The van der Waals surface area contributed by atoms with Crippen LogP contribution in [0, 0.1) is 0 Å². The Hall–Kier alpha value is -2.94. The zero-order valence-electron chi connectivity index (χ0n) is 12.2. The van der Waals surface area contributed by atoms with Crippen molar-refractivity contribution in [2.45, 2.75) is 0 Å². The lowest BCUT2D eigenvalue weighted by Gasteiger charge is -2.32. The number of ether oxygens (including phenoxy) is 2. The Morgan fingerprint density at radius 3 is 2.32 bits per heavy atom. The summed E-state index contributed by atoms with van der Waals surface area (Å²) >= 11 is 0. The Labute approximate surface area is 129 Å². The lowest BCUT2D eigenvalue weighted by molar-refractivity contribution is 0.408. The van der Waals surface area contributed by atoms with Crippen LogP contribution in [-0.2, 0) is 0 Å². The number of hydrogen-bond acceptors (Lipinski definition) is 3. The van der Waals surface area contributed by atoms with Crippen molar-refractivity contribution in [1.82, 2.24) is 0 Å². The van der Waals surface area contributed by atoms with Gasteiger partial charge in [0.15, 0.2) is 11.5 Å². The summed E-state index contributed by atoms with van der Waals surface area (Å²) in [5.41, 5.74) is 3.14. The van der Waals surface area contributed by atoms with Crippen LogP contribution < -0.4 is 14.4 Å². The highest BCUT2D eigenvalue weighted by atomic mass is 16.5. The Morgan fingerprint density at radius 1 is 0.773 bits per heavy atom. The zero-order valence-corrected chi connectivity index (χ0v) is 12.2. The minimum atomic E-state index is 0.783. The van der Waals surface area contributed by atoms with Crippen LogP contribution in [0.2, 0.25) is 0 Å². The first-order valence-electron chi connectivity index (χ1n) is 7.17. The first-order chi connectivity index (χ1) is 10.9. The Bertz CT molecular complexity index is 815. The Morgan fingerprint density at radius 2 is 1.50 bits per heavy atom. The smallest absolute Gasteiger partial charge is 0.155 e. The Balaban J connectivity index is 1.94. The molecular weight excluding hydrogens is 274 g/mol. The molecule has 3 aromatic carbocycles. The summed E-state index contributed by atoms with van der Waals surface area (Å²) in [6.45, 7) is 0. The number of rotatable bonds is 2. The van der Waals surface area contributed by atoms with Crippen LogP contribution in [0.4, 0.5) is 17.1 Å². The molecule has 0 aliphatic carbocycles. The van der Waals surface area contributed by atoms with E-state index < -0.39 is 0 Å². The minimum Gasteiger partial charge on any atom is -0.497 e. The van der Waals surface area contributed by atoms with Gasteiger partial charge in [0.05, 0.1) is 18.5 Å². The number of nitrogens with zero attached hydrogens (tertiary/aromatic N) is 1. The predicted octanol–water partition coefficient (Wildman–Crippen LogP) is 5.27. The topological polar surface area (TPSA) is 21.7 Å². The summed E-state index contributed by atoms with van der Waals surface area (Å²) in [5, 5.41) is 0. The molecule has 0 N–H and O–H groups in total. The summed E-state index contributed by atoms with van der Waals surface area (Å²) in [4.78, 5) is 2.20. The van der Waals surface area contributed by atoms with E-state index in [1.807, 2.05) is 54.6 Å². The van der Waals surface area contributed by atoms with Gasteiger partial charge in [0.1, 0.15) is 5.75 Å². The highest BCUT2D eigenvalue weighted by Crippen LogP contribution is 2.50. The maximum atomic E-state index is 6.05. The second-order valence-corrected chi connectivity index (χ2v) is 5.07. The van der Waals surface area contributed by atoms with Gasteiger partial charge in [0.25, 0.3) is 0 Å². The maximum Gasteiger partial charge on any atom is 0.155 e. The largest absolute Gasteiger partial charge is 0.497 e. The standard InChI is InChI=1S/C19H15NO2/c1-21-15-11-12-17-19(13-15)22-18-10-6-5-9-16(18)20(17)14-7-3-2-4-8-14/h2-13H,1H3. The SMILES string of the molecule is COc1ccc2c(c1)Oc1ccccc1N2c1ccccc1. The number of benzene rings is 3.